The van der Waals surface area contributed by atoms with Crippen molar-refractivity contribution in [1.82, 2.24) is 4.72 Å². The number of rotatable bonds is 7. The number of amides is 1. The highest BCUT2D eigenvalue weighted by Gasteiger charge is 2.17. The van der Waals surface area contributed by atoms with Crippen LogP contribution in [0.25, 0.3) is 0 Å². The number of nitrogen functional groups attached to an aromatic ring is 1. The van der Waals surface area contributed by atoms with E-state index in [1.54, 1.807) is 12.1 Å². The van der Waals surface area contributed by atoms with Crippen molar-refractivity contribution in [2.45, 2.75) is 4.90 Å². The molecule has 19 heavy (non-hydrogen) atoms. The Hall–Kier alpha value is -1.16. The van der Waals surface area contributed by atoms with Crippen LogP contribution in [0.1, 0.15) is 0 Å². The first-order valence-electron chi connectivity index (χ1n) is 5.23. The molecule has 5 N–H and O–H groups in total. The van der Waals surface area contributed by atoms with E-state index < -0.39 is 15.9 Å². The molecule has 9 heteroatoms. The highest BCUT2D eigenvalue weighted by atomic mass is 79.9. The van der Waals surface area contributed by atoms with E-state index in [-0.39, 0.29) is 24.7 Å². The molecule has 1 aromatic carbocycles. The second kappa shape index (κ2) is 6.85. The minimum Gasteiger partial charge on any atom is -0.399 e. The number of hydrogen-bond donors (Lipinski definition) is 3. The first kappa shape index (κ1) is 15.9. The van der Waals surface area contributed by atoms with E-state index in [0.717, 1.165) is 0 Å². The summed E-state index contributed by atoms with van der Waals surface area (Å²) in [6, 6.07) is 4.48. The summed E-state index contributed by atoms with van der Waals surface area (Å²) in [7, 11) is -3.69. The van der Waals surface area contributed by atoms with Gasteiger partial charge in [0, 0.05) is 16.7 Å². The quantitative estimate of drug-likeness (QED) is 0.463. The average molecular weight is 352 g/mol. The second-order valence-corrected chi connectivity index (χ2v) is 6.20. The third kappa shape index (κ3) is 5.15. The van der Waals surface area contributed by atoms with Crippen LogP contribution >= 0.6 is 15.9 Å². The van der Waals surface area contributed by atoms with Crippen molar-refractivity contribution in [3.05, 3.63) is 22.7 Å². The van der Waals surface area contributed by atoms with Gasteiger partial charge >= 0.3 is 0 Å². The molecule has 0 aliphatic rings. The molecule has 0 bridgehead atoms. The summed E-state index contributed by atoms with van der Waals surface area (Å²) >= 11 is 3.14. The van der Waals surface area contributed by atoms with E-state index in [4.69, 9.17) is 16.2 Å². The molecule has 0 saturated heterocycles. The topological polar surface area (TPSA) is 125 Å². The monoisotopic (exact) mass is 351 g/mol. The zero-order valence-electron chi connectivity index (χ0n) is 9.93. The molecule has 7 nitrogen and oxygen atoms in total. The van der Waals surface area contributed by atoms with Gasteiger partial charge < -0.3 is 16.2 Å². The van der Waals surface area contributed by atoms with Gasteiger partial charge in [-0.15, -0.1) is 0 Å². The van der Waals surface area contributed by atoms with Crippen LogP contribution in [0, 0.1) is 0 Å². The Bertz CT molecular complexity index is 562. The van der Waals surface area contributed by atoms with Gasteiger partial charge in [0.05, 0.1) is 11.5 Å². The molecule has 1 amide bonds. The highest BCUT2D eigenvalue weighted by Crippen LogP contribution is 2.23. The Morgan fingerprint density at radius 3 is 2.74 bits per heavy atom. The predicted molar refractivity (Wildman–Crippen MR) is 73.8 cm³/mol. The fourth-order valence-corrected chi connectivity index (χ4v) is 3.23. The fourth-order valence-electron chi connectivity index (χ4n) is 1.22. The summed E-state index contributed by atoms with van der Waals surface area (Å²) in [6.07, 6.45) is 0. The van der Waals surface area contributed by atoms with Crippen LogP contribution in [0.15, 0.2) is 27.6 Å². The maximum absolute atomic E-state index is 12.0. The molecule has 0 heterocycles. The Labute approximate surface area is 119 Å². The summed E-state index contributed by atoms with van der Waals surface area (Å²) in [5.41, 5.74) is 10.8. The summed E-state index contributed by atoms with van der Waals surface area (Å²) in [5.74, 6) is -0.610. The molecule has 0 aromatic heterocycles. The van der Waals surface area contributed by atoms with Crippen molar-refractivity contribution >= 4 is 37.5 Å². The number of sulfonamides is 1. The summed E-state index contributed by atoms with van der Waals surface area (Å²) in [6.45, 7) is -0.178. The first-order chi connectivity index (χ1) is 8.83. The number of nitrogens with two attached hydrogens (primary N) is 2. The van der Waals surface area contributed by atoms with Gasteiger partial charge in [-0.25, -0.2) is 13.1 Å². The zero-order valence-corrected chi connectivity index (χ0v) is 12.3. The number of benzene rings is 1. The third-order valence-electron chi connectivity index (χ3n) is 2.03. The summed E-state index contributed by atoms with van der Waals surface area (Å²) in [4.78, 5) is 10.4. The van der Waals surface area contributed by atoms with Gasteiger partial charge in [-0.1, -0.05) is 0 Å². The molecule has 0 aliphatic carbocycles. The number of nitrogens with one attached hydrogen (secondary N) is 1. The Morgan fingerprint density at radius 2 is 2.11 bits per heavy atom. The van der Waals surface area contributed by atoms with Gasteiger partial charge in [0.25, 0.3) is 0 Å². The average Bonchev–Trinajstić information content (AvgIpc) is 2.31. The van der Waals surface area contributed by atoms with Crippen molar-refractivity contribution in [2.24, 2.45) is 5.73 Å². The van der Waals surface area contributed by atoms with Gasteiger partial charge in [0.1, 0.15) is 6.61 Å². The lowest BCUT2D eigenvalue weighted by molar-refractivity contribution is -0.122. The van der Waals surface area contributed by atoms with Crippen molar-refractivity contribution in [3.63, 3.8) is 0 Å². The predicted octanol–water partition coefficient (Wildman–Crippen LogP) is -0.189. The van der Waals surface area contributed by atoms with E-state index in [1.165, 1.54) is 6.07 Å². The van der Waals surface area contributed by atoms with Gasteiger partial charge in [0.2, 0.25) is 15.9 Å². The van der Waals surface area contributed by atoms with E-state index in [0.29, 0.717) is 10.2 Å². The largest absolute Gasteiger partial charge is 0.399 e. The number of carbonyl (C=O) groups excluding carboxylic acids is 1. The van der Waals surface area contributed by atoms with Crippen LogP contribution in [0.4, 0.5) is 5.69 Å². The molecule has 0 saturated carbocycles. The Morgan fingerprint density at radius 1 is 1.42 bits per heavy atom. The van der Waals surface area contributed by atoms with Gasteiger partial charge in [0.15, 0.2) is 0 Å². The molecule has 0 spiro atoms. The van der Waals surface area contributed by atoms with Crippen LogP contribution in [-0.2, 0) is 19.6 Å². The molecule has 0 atom stereocenters. The van der Waals surface area contributed by atoms with E-state index >= 15 is 0 Å². The lowest BCUT2D eigenvalue weighted by Crippen LogP contribution is -2.29. The van der Waals surface area contributed by atoms with Crippen LogP contribution in [-0.4, -0.2) is 34.1 Å². The molecule has 106 valence electrons. The van der Waals surface area contributed by atoms with Crippen LogP contribution in [0.3, 0.4) is 0 Å². The van der Waals surface area contributed by atoms with Gasteiger partial charge in [-0.2, -0.15) is 0 Å². The van der Waals surface area contributed by atoms with E-state index in [9.17, 15) is 13.2 Å². The SMILES string of the molecule is NC(=O)COCCNS(=O)(=O)c1cc(N)ccc1Br. The third-order valence-corrected chi connectivity index (χ3v) is 4.48. The number of hydrogen-bond acceptors (Lipinski definition) is 5. The smallest absolute Gasteiger partial charge is 0.243 e. The minimum atomic E-state index is -3.69. The minimum absolute atomic E-state index is 0.0247. The normalized spacial score (nSPS) is 11.4. The number of halogens is 1. The molecular formula is C10H14BrN3O4S. The van der Waals surface area contributed by atoms with Crippen molar-refractivity contribution < 1.29 is 17.9 Å². The van der Waals surface area contributed by atoms with Gasteiger partial charge in [-0.05, 0) is 34.1 Å². The van der Waals surface area contributed by atoms with Crippen molar-refractivity contribution in [2.75, 3.05) is 25.5 Å². The Balaban J connectivity index is 2.61. The maximum Gasteiger partial charge on any atom is 0.243 e. The molecule has 1 aromatic rings. The molecule has 0 fully saturated rings. The molecule has 0 aliphatic heterocycles. The van der Waals surface area contributed by atoms with Crippen LogP contribution in [0.5, 0.6) is 0 Å². The molecule has 1 rings (SSSR count). The van der Waals surface area contributed by atoms with Crippen molar-refractivity contribution in [1.29, 1.82) is 0 Å². The zero-order chi connectivity index (χ0) is 14.5. The number of primary amides is 1. The summed E-state index contributed by atoms with van der Waals surface area (Å²) < 4.78 is 31.5. The van der Waals surface area contributed by atoms with Crippen LogP contribution in [0.2, 0.25) is 0 Å². The van der Waals surface area contributed by atoms with E-state index in [2.05, 4.69) is 20.7 Å². The molecular weight excluding hydrogens is 338 g/mol. The molecule has 0 unspecified atom stereocenters. The number of ether oxygens (including phenoxy) is 1. The van der Waals surface area contributed by atoms with E-state index in [1.807, 2.05) is 0 Å². The lowest BCUT2D eigenvalue weighted by atomic mass is 10.3. The number of anilines is 1. The fraction of sp³-hybridized carbons (Fsp3) is 0.300. The Kier molecular flexibility index (Phi) is 5.73. The van der Waals surface area contributed by atoms with Crippen molar-refractivity contribution in [3.8, 4) is 0 Å². The highest BCUT2D eigenvalue weighted by molar-refractivity contribution is 9.10. The second-order valence-electron chi connectivity index (χ2n) is 3.61. The first-order valence-corrected chi connectivity index (χ1v) is 7.51. The van der Waals surface area contributed by atoms with Crippen LogP contribution < -0.4 is 16.2 Å². The van der Waals surface area contributed by atoms with Gasteiger partial charge in [-0.3, -0.25) is 4.79 Å². The lowest BCUT2D eigenvalue weighted by Gasteiger charge is -2.09. The number of carbonyl (C=O) groups is 1. The standard InChI is InChI=1S/C10H14BrN3O4S/c11-8-2-1-7(12)5-9(8)19(16,17)14-3-4-18-6-10(13)15/h1-2,5,14H,3-4,6,12H2,(H2,13,15). The molecule has 0 radical (unpaired) electrons. The summed E-state index contributed by atoms with van der Waals surface area (Å²) in [5, 5.41) is 0. The maximum atomic E-state index is 12.0.